The Morgan fingerprint density at radius 3 is 3.16 bits per heavy atom. The number of halogens is 1. The minimum Gasteiger partial charge on any atom is -0.493 e. The Morgan fingerprint density at radius 1 is 1.53 bits per heavy atom. The molecule has 5 heteroatoms. The molecule has 1 atom stereocenters. The van der Waals surface area contributed by atoms with Gasteiger partial charge in [0.2, 0.25) is 0 Å². The van der Waals surface area contributed by atoms with Gasteiger partial charge in [-0.1, -0.05) is 15.9 Å². The molecule has 1 saturated heterocycles. The van der Waals surface area contributed by atoms with Crippen molar-refractivity contribution in [2.24, 2.45) is 0 Å². The van der Waals surface area contributed by atoms with Gasteiger partial charge < -0.3 is 9.84 Å². The smallest absolute Gasteiger partial charge is 0.320 e. The van der Waals surface area contributed by atoms with E-state index >= 15 is 0 Å². The molecule has 102 valence electrons. The summed E-state index contributed by atoms with van der Waals surface area (Å²) in [6.07, 6.45) is 2.63. The van der Waals surface area contributed by atoms with Crippen LogP contribution in [-0.2, 0) is 17.8 Å². The van der Waals surface area contributed by atoms with Gasteiger partial charge in [-0.25, -0.2) is 0 Å². The van der Waals surface area contributed by atoms with Gasteiger partial charge in [-0.3, -0.25) is 9.69 Å². The second-order valence-electron chi connectivity index (χ2n) is 5.12. The molecule has 0 aromatic heterocycles. The van der Waals surface area contributed by atoms with Crippen molar-refractivity contribution in [2.45, 2.75) is 31.8 Å². The predicted molar refractivity (Wildman–Crippen MR) is 74.4 cm³/mol. The zero-order chi connectivity index (χ0) is 13.4. The second-order valence-corrected chi connectivity index (χ2v) is 6.03. The van der Waals surface area contributed by atoms with E-state index in [0.717, 1.165) is 48.2 Å². The van der Waals surface area contributed by atoms with Gasteiger partial charge in [-0.05, 0) is 37.1 Å². The first kappa shape index (κ1) is 12.9. The molecule has 2 heterocycles. The molecule has 1 N–H and O–H groups in total. The molecule has 0 spiro atoms. The van der Waals surface area contributed by atoms with Crippen molar-refractivity contribution in [3.8, 4) is 5.75 Å². The van der Waals surface area contributed by atoms with Gasteiger partial charge in [0.15, 0.2) is 0 Å². The number of hydrogen-bond acceptors (Lipinski definition) is 3. The first-order valence-corrected chi connectivity index (χ1v) is 7.35. The average molecular weight is 326 g/mol. The topological polar surface area (TPSA) is 49.8 Å². The standard InChI is InChI=1S/C14H16BrNO3/c15-11-6-9-3-5-19-13(9)10(7-11)8-16-4-1-2-12(16)14(17)18/h6-7,12H,1-5,8H2,(H,17,18). The number of hydrogen-bond donors (Lipinski definition) is 1. The lowest BCUT2D eigenvalue weighted by Crippen LogP contribution is -2.35. The summed E-state index contributed by atoms with van der Waals surface area (Å²) in [5, 5.41) is 9.23. The van der Waals surface area contributed by atoms with Gasteiger partial charge in [-0.15, -0.1) is 0 Å². The number of ether oxygens (including phenoxy) is 1. The molecule has 2 aliphatic rings. The fourth-order valence-corrected chi connectivity index (χ4v) is 3.53. The van der Waals surface area contributed by atoms with Gasteiger partial charge in [0.1, 0.15) is 11.8 Å². The molecular weight excluding hydrogens is 310 g/mol. The van der Waals surface area contributed by atoms with Gasteiger partial charge in [0, 0.05) is 23.0 Å². The summed E-state index contributed by atoms with van der Waals surface area (Å²) >= 11 is 3.52. The zero-order valence-electron chi connectivity index (χ0n) is 10.6. The lowest BCUT2D eigenvalue weighted by atomic mass is 10.1. The van der Waals surface area contributed by atoms with E-state index in [0.29, 0.717) is 6.54 Å². The largest absolute Gasteiger partial charge is 0.493 e. The molecule has 0 saturated carbocycles. The number of nitrogens with zero attached hydrogens (tertiary/aromatic N) is 1. The van der Waals surface area contributed by atoms with Crippen LogP contribution in [0.5, 0.6) is 5.75 Å². The zero-order valence-corrected chi connectivity index (χ0v) is 12.1. The number of carbonyl (C=O) groups is 1. The maximum absolute atomic E-state index is 11.2. The molecular formula is C14H16BrNO3. The predicted octanol–water partition coefficient (Wildman–Crippen LogP) is 2.43. The summed E-state index contributed by atoms with van der Waals surface area (Å²) in [5.41, 5.74) is 2.31. The Morgan fingerprint density at radius 2 is 2.37 bits per heavy atom. The van der Waals surface area contributed by atoms with Crippen molar-refractivity contribution in [1.82, 2.24) is 4.90 Å². The highest BCUT2D eigenvalue weighted by Crippen LogP contribution is 2.34. The second kappa shape index (κ2) is 5.13. The molecule has 0 bridgehead atoms. The number of fused-ring (bicyclic) bond motifs is 1. The molecule has 0 aliphatic carbocycles. The van der Waals surface area contributed by atoms with Gasteiger partial charge in [0.25, 0.3) is 0 Å². The molecule has 3 rings (SSSR count). The van der Waals surface area contributed by atoms with Crippen molar-refractivity contribution in [3.05, 3.63) is 27.7 Å². The highest BCUT2D eigenvalue weighted by atomic mass is 79.9. The van der Waals surface area contributed by atoms with E-state index in [1.165, 1.54) is 5.56 Å². The van der Waals surface area contributed by atoms with Crippen molar-refractivity contribution >= 4 is 21.9 Å². The van der Waals surface area contributed by atoms with Crippen LogP contribution < -0.4 is 4.74 Å². The fourth-order valence-electron chi connectivity index (χ4n) is 2.98. The highest BCUT2D eigenvalue weighted by molar-refractivity contribution is 9.10. The summed E-state index contributed by atoms with van der Waals surface area (Å²) in [5.74, 6) is 0.240. The van der Waals surface area contributed by atoms with Crippen LogP contribution in [0.15, 0.2) is 16.6 Å². The number of aliphatic carboxylic acids is 1. The Labute approximate surface area is 120 Å². The summed E-state index contributed by atoms with van der Waals surface area (Å²) in [4.78, 5) is 13.3. The molecule has 19 heavy (non-hydrogen) atoms. The summed E-state index contributed by atoms with van der Waals surface area (Å²) in [6.45, 7) is 2.22. The van der Waals surface area contributed by atoms with E-state index in [9.17, 15) is 9.90 Å². The number of carboxylic acid groups (broad SMARTS) is 1. The summed E-state index contributed by atoms with van der Waals surface area (Å²) < 4.78 is 6.74. The molecule has 2 aliphatic heterocycles. The Bertz CT molecular complexity index is 518. The van der Waals surface area contributed by atoms with E-state index in [1.807, 2.05) is 11.0 Å². The third kappa shape index (κ3) is 2.49. The van der Waals surface area contributed by atoms with Crippen molar-refractivity contribution in [3.63, 3.8) is 0 Å². The molecule has 1 aromatic carbocycles. The molecule has 4 nitrogen and oxygen atoms in total. The number of carboxylic acids is 1. The average Bonchev–Trinajstić information content (AvgIpc) is 2.96. The fraction of sp³-hybridized carbons (Fsp3) is 0.500. The molecule has 0 radical (unpaired) electrons. The molecule has 1 aromatic rings. The first-order chi connectivity index (χ1) is 9.15. The van der Waals surface area contributed by atoms with Crippen LogP contribution in [0.3, 0.4) is 0 Å². The lowest BCUT2D eigenvalue weighted by Gasteiger charge is -2.22. The maximum Gasteiger partial charge on any atom is 0.320 e. The van der Waals surface area contributed by atoms with E-state index in [4.69, 9.17) is 4.74 Å². The van der Waals surface area contributed by atoms with Crippen LogP contribution >= 0.6 is 15.9 Å². The molecule has 1 unspecified atom stereocenters. The Kier molecular flexibility index (Phi) is 3.50. The number of benzene rings is 1. The summed E-state index contributed by atoms with van der Waals surface area (Å²) in [7, 11) is 0. The number of rotatable bonds is 3. The Hall–Kier alpha value is -1.07. The van der Waals surface area contributed by atoms with Crippen LogP contribution in [0.4, 0.5) is 0 Å². The van der Waals surface area contributed by atoms with E-state index in [-0.39, 0.29) is 6.04 Å². The number of likely N-dealkylation sites (tertiary alicyclic amines) is 1. The quantitative estimate of drug-likeness (QED) is 0.927. The maximum atomic E-state index is 11.2. The minimum atomic E-state index is -0.718. The first-order valence-electron chi connectivity index (χ1n) is 6.56. The van der Waals surface area contributed by atoms with E-state index in [1.54, 1.807) is 0 Å². The highest BCUT2D eigenvalue weighted by Gasteiger charge is 2.31. The SMILES string of the molecule is O=C(O)C1CCCN1Cc1cc(Br)cc2c1OCC2. The summed E-state index contributed by atoms with van der Waals surface area (Å²) in [6, 6.07) is 3.78. The van der Waals surface area contributed by atoms with E-state index in [2.05, 4.69) is 22.0 Å². The minimum absolute atomic E-state index is 0.351. The lowest BCUT2D eigenvalue weighted by molar-refractivity contribution is -0.142. The van der Waals surface area contributed by atoms with Crippen molar-refractivity contribution in [1.29, 1.82) is 0 Å². The van der Waals surface area contributed by atoms with Gasteiger partial charge in [-0.2, -0.15) is 0 Å². The monoisotopic (exact) mass is 325 g/mol. The molecule has 1 fully saturated rings. The van der Waals surface area contributed by atoms with Crippen LogP contribution in [0.25, 0.3) is 0 Å². The Balaban J connectivity index is 1.85. The van der Waals surface area contributed by atoms with Crippen molar-refractivity contribution < 1.29 is 14.6 Å². The molecule has 0 amide bonds. The third-order valence-electron chi connectivity index (χ3n) is 3.85. The van der Waals surface area contributed by atoms with Gasteiger partial charge >= 0.3 is 5.97 Å². The van der Waals surface area contributed by atoms with E-state index < -0.39 is 5.97 Å². The van der Waals surface area contributed by atoms with Crippen LogP contribution in [0.2, 0.25) is 0 Å². The van der Waals surface area contributed by atoms with Crippen LogP contribution in [-0.4, -0.2) is 35.2 Å². The van der Waals surface area contributed by atoms with Crippen molar-refractivity contribution in [2.75, 3.05) is 13.2 Å². The van der Waals surface area contributed by atoms with Crippen LogP contribution in [0, 0.1) is 0 Å². The van der Waals surface area contributed by atoms with Crippen LogP contribution in [0.1, 0.15) is 24.0 Å². The van der Waals surface area contributed by atoms with Gasteiger partial charge in [0.05, 0.1) is 6.61 Å². The normalized spacial score (nSPS) is 22.3. The third-order valence-corrected chi connectivity index (χ3v) is 4.31.